The lowest BCUT2D eigenvalue weighted by Crippen LogP contribution is -1.95. The molecule has 0 heteroatoms. The van der Waals surface area contributed by atoms with Crippen LogP contribution in [0.3, 0.4) is 0 Å². The van der Waals surface area contributed by atoms with E-state index in [9.17, 15) is 0 Å². The molecule has 0 nitrogen and oxygen atoms in total. The van der Waals surface area contributed by atoms with Crippen LogP contribution >= 0.6 is 0 Å². The van der Waals surface area contributed by atoms with E-state index in [1.54, 1.807) is 0 Å². The van der Waals surface area contributed by atoms with Crippen LogP contribution in [0.25, 0.3) is 0 Å². The molecule has 0 fully saturated rings. The molecular weight excluding hydrogens is 240 g/mol. The Bertz CT molecular complexity index is 522. The van der Waals surface area contributed by atoms with E-state index in [0.29, 0.717) is 5.92 Å². The molecule has 0 amide bonds. The van der Waals surface area contributed by atoms with Crippen LogP contribution in [0.4, 0.5) is 0 Å². The Labute approximate surface area is 123 Å². The highest BCUT2D eigenvalue weighted by Gasteiger charge is 2.03. The van der Waals surface area contributed by atoms with Crippen LogP contribution in [0.15, 0.2) is 48.5 Å². The van der Waals surface area contributed by atoms with Gasteiger partial charge in [-0.05, 0) is 55.2 Å². The first-order chi connectivity index (χ1) is 9.69. The molecule has 1 atom stereocenters. The lowest BCUT2D eigenvalue weighted by Gasteiger charge is -2.11. The second kappa shape index (κ2) is 7.28. The minimum Gasteiger partial charge on any atom is -0.0648 e. The molecule has 0 bridgehead atoms. The predicted molar refractivity (Wildman–Crippen MR) is 88.4 cm³/mol. The highest BCUT2D eigenvalue weighted by Crippen LogP contribution is 2.20. The average Bonchev–Trinajstić information content (AvgIpc) is 2.49. The molecule has 0 N–H and O–H groups in total. The third kappa shape index (κ3) is 4.23. The summed E-state index contributed by atoms with van der Waals surface area (Å²) < 4.78 is 0. The average molecular weight is 266 g/mol. The smallest absolute Gasteiger partial charge is 0.0193 e. The highest BCUT2D eigenvalue weighted by molar-refractivity contribution is 5.26. The molecule has 20 heavy (non-hydrogen) atoms. The Morgan fingerprint density at radius 1 is 0.900 bits per heavy atom. The van der Waals surface area contributed by atoms with Gasteiger partial charge >= 0.3 is 0 Å². The van der Waals surface area contributed by atoms with E-state index < -0.39 is 0 Å². The zero-order chi connectivity index (χ0) is 14.4. The van der Waals surface area contributed by atoms with Gasteiger partial charge in [-0.3, -0.25) is 0 Å². The topological polar surface area (TPSA) is 0 Å². The Kier molecular flexibility index (Phi) is 5.40. The fraction of sp³-hybridized carbons (Fsp3) is 0.400. The predicted octanol–water partition coefficient (Wildman–Crippen LogP) is 5.68. The van der Waals surface area contributed by atoms with Gasteiger partial charge in [0.05, 0.1) is 0 Å². The van der Waals surface area contributed by atoms with E-state index in [0.717, 1.165) is 0 Å². The van der Waals surface area contributed by atoms with Crippen molar-refractivity contribution in [3.63, 3.8) is 0 Å². The highest BCUT2D eigenvalue weighted by atomic mass is 14.1. The standard InChI is InChI=1S/C20H26/c1-4-17(3)20-10-6-9-19(15-20)8-5-7-18-13-11-16(2)12-14-18/h6,9-15,17H,4-5,7-8H2,1-3H3. The fourth-order valence-corrected chi connectivity index (χ4v) is 2.54. The molecule has 0 heterocycles. The zero-order valence-corrected chi connectivity index (χ0v) is 13.0. The molecule has 106 valence electrons. The molecule has 0 aromatic heterocycles. The van der Waals surface area contributed by atoms with Gasteiger partial charge in [0.15, 0.2) is 0 Å². The normalized spacial score (nSPS) is 12.3. The van der Waals surface area contributed by atoms with Gasteiger partial charge in [0.25, 0.3) is 0 Å². The molecule has 0 aliphatic carbocycles. The van der Waals surface area contributed by atoms with Gasteiger partial charge in [-0.15, -0.1) is 0 Å². The molecule has 0 radical (unpaired) electrons. The van der Waals surface area contributed by atoms with Crippen LogP contribution in [-0.4, -0.2) is 0 Å². The molecule has 1 unspecified atom stereocenters. The van der Waals surface area contributed by atoms with Gasteiger partial charge in [0, 0.05) is 0 Å². The maximum atomic E-state index is 2.39. The van der Waals surface area contributed by atoms with Crippen molar-refractivity contribution in [2.75, 3.05) is 0 Å². The Morgan fingerprint density at radius 2 is 1.60 bits per heavy atom. The molecule has 0 saturated carbocycles. The van der Waals surface area contributed by atoms with Crippen LogP contribution in [0, 0.1) is 6.92 Å². The summed E-state index contributed by atoms with van der Waals surface area (Å²) in [6.07, 6.45) is 4.80. The minimum absolute atomic E-state index is 0.673. The Morgan fingerprint density at radius 3 is 2.30 bits per heavy atom. The zero-order valence-electron chi connectivity index (χ0n) is 13.0. The van der Waals surface area contributed by atoms with Crippen LogP contribution in [0.5, 0.6) is 0 Å². The Hall–Kier alpha value is -1.56. The summed E-state index contributed by atoms with van der Waals surface area (Å²) in [6, 6.07) is 18.1. The maximum Gasteiger partial charge on any atom is -0.0193 e. The summed E-state index contributed by atoms with van der Waals surface area (Å²) in [5, 5.41) is 0. The van der Waals surface area contributed by atoms with E-state index >= 15 is 0 Å². The second-order valence-corrected chi connectivity index (χ2v) is 5.89. The van der Waals surface area contributed by atoms with Crippen molar-refractivity contribution in [3.05, 3.63) is 70.8 Å². The molecule has 0 saturated heterocycles. The summed E-state index contributed by atoms with van der Waals surface area (Å²) in [5.41, 5.74) is 5.76. The molecule has 0 spiro atoms. The SMILES string of the molecule is CCC(C)c1cccc(CCCc2ccc(C)cc2)c1. The van der Waals surface area contributed by atoms with Crippen molar-refractivity contribution in [3.8, 4) is 0 Å². The first-order valence-corrected chi connectivity index (χ1v) is 7.83. The fourth-order valence-electron chi connectivity index (χ4n) is 2.54. The third-order valence-corrected chi connectivity index (χ3v) is 4.18. The van der Waals surface area contributed by atoms with E-state index in [2.05, 4.69) is 69.3 Å². The van der Waals surface area contributed by atoms with Gasteiger partial charge in [-0.25, -0.2) is 0 Å². The van der Waals surface area contributed by atoms with Crippen LogP contribution in [0.1, 0.15) is 54.9 Å². The van der Waals surface area contributed by atoms with E-state index in [4.69, 9.17) is 0 Å². The van der Waals surface area contributed by atoms with Gasteiger partial charge in [-0.2, -0.15) is 0 Å². The monoisotopic (exact) mass is 266 g/mol. The van der Waals surface area contributed by atoms with Crippen molar-refractivity contribution in [2.45, 2.75) is 52.4 Å². The quantitative estimate of drug-likeness (QED) is 0.630. The van der Waals surface area contributed by atoms with Crippen molar-refractivity contribution in [1.29, 1.82) is 0 Å². The van der Waals surface area contributed by atoms with E-state index in [-0.39, 0.29) is 0 Å². The van der Waals surface area contributed by atoms with Crippen molar-refractivity contribution < 1.29 is 0 Å². The van der Waals surface area contributed by atoms with Crippen LogP contribution < -0.4 is 0 Å². The lowest BCUT2D eigenvalue weighted by molar-refractivity contribution is 0.729. The maximum absolute atomic E-state index is 2.39. The molecule has 2 aromatic carbocycles. The van der Waals surface area contributed by atoms with Crippen molar-refractivity contribution in [2.24, 2.45) is 0 Å². The summed E-state index contributed by atoms with van der Waals surface area (Å²) in [5.74, 6) is 0.673. The molecule has 2 rings (SSSR count). The number of aryl methyl sites for hydroxylation is 3. The molecule has 0 aliphatic rings. The van der Waals surface area contributed by atoms with E-state index in [1.807, 2.05) is 0 Å². The van der Waals surface area contributed by atoms with Crippen LogP contribution in [0.2, 0.25) is 0 Å². The summed E-state index contributed by atoms with van der Waals surface area (Å²) >= 11 is 0. The molecule has 0 aliphatic heterocycles. The minimum atomic E-state index is 0.673. The summed E-state index contributed by atoms with van der Waals surface area (Å²) in [7, 11) is 0. The number of rotatable bonds is 6. The number of hydrogen-bond acceptors (Lipinski definition) is 0. The largest absolute Gasteiger partial charge is 0.0648 e. The van der Waals surface area contributed by atoms with Crippen LogP contribution in [-0.2, 0) is 12.8 Å². The van der Waals surface area contributed by atoms with Crippen molar-refractivity contribution >= 4 is 0 Å². The first kappa shape index (κ1) is 14.8. The third-order valence-electron chi connectivity index (χ3n) is 4.18. The lowest BCUT2D eigenvalue weighted by atomic mass is 9.95. The first-order valence-electron chi connectivity index (χ1n) is 7.83. The van der Waals surface area contributed by atoms with Gasteiger partial charge < -0.3 is 0 Å². The molecule has 2 aromatic rings. The van der Waals surface area contributed by atoms with Gasteiger partial charge in [0.2, 0.25) is 0 Å². The van der Waals surface area contributed by atoms with E-state index in [1.165, 1.54) is 47.9 Å². The van der Waals surface area contributed by atoms with Gasteiger partial charge in [-0.1, -0.05) is 67.9 Å². The second-order valence-electron chi connectivity index (χ2n) is 5.89. The van der Waals surface area contributed by atoms with Gasteiger partial charge in [0.1, 0.15) is 0 Å². The number of hydrogen-bond donors (Lipinski definition) is 0. The summed E-state index contributed by atoms with van der Waals surface area (Å²) in [6.45, 7) is 6.71. The number of benzene rings is 2. The molecular formula is C20H26. The summed E-state index contributed by atoms with van der Waals surface area (Å²) in [4.78, 5) is 0. The van der Waals surface area contributed by atoms with Crippen molar-refractivity contribution in [1.82, 2.24) is 0 Å². The Balaban J connectivity index is 1.89.